The Kier molecular flexibility index (Phi) is 7.19. The van der Waals surface area contributed by atoms with Crippen molar-refractivity contribution in [1.82, 2.24) is 9.47 Å². The molecule has 5 rings (SSSR count). The van der Waals surface area contributed by atoms with Gasteiger partial charge in [-0.05, 0) is 42.9 Å². The van der Waals surface area contributed by atoms with E-state index in [1.54, 1.807) is 12.1 Å². The maximum atomic E-state index is 13.6. The Morgan fingerprint density at radius 2 is 1.77 bits per heavy atom. The lowest BCUT2D eigenvalue weighted by Gasteiger charge is -2.28. The molecule has 1 aromatic carbocycles. The highest BCUT2D eigenvalue weighted by Crippen LogP contribution is 2.41. The SMILES string of the molecule is O=C(O)c1ccc2c(C3CCCCC3)c3n(c2c1)C/C(C(=O)N1CCOCC1)=C\C/C=C\C=C/C3. The van der Waals surface area contributed by atoms with Crippen molar-refractivity contribution < 1.29 is 19.4 Å². The normalized spacial score (nSPS) is 23.1. The summed E-state index contributed by atoms with van der Waals surface area (Å²) in [5, 5.41) is 10.9. The largest absolute Gasteiger partial charge is 0.478 e. The van der Waals surface area contributed by atoms with Gasteiger partial charge in [-0.25, -0.2) is 4.79 Å². The summed E-state index contributed by atoms with van der Waals surface area (Å²) in [5.41, 5.74) is 4.52. The number of fused-ring (bicyclic) bond motifs is 3. The van der Waals surface area contributed by atoms with E-state index < -0.39 is 5.97 Å². The quantitative estimate of drug-likeness (QED) is 0.661. The van der Waals surface area contributed by atoms with Gasteiger partial charge in [0.15, 0.2) is 0 Å². The first-order valence-electron chi connectivity index (χ1n) is 12.9. The van der Waals surface area contributed by atoms with Crippen LogP contribution in [0.15, 0.2) is 54.2 Å². The number of hydrogen-bond acceptors (Lipinski definition) is 3. The molecular formula is C29H34N2O4. The van der Waals surface area contributed by atoms with Gasteiger partial charge in [-0.15, -0.1) is 0 Å². The average molecular weight is 475 g/mol. The Hall–Kier alpha value is -3.12. The number of hydrogen-bond donors (Lipinski definition) is 1. The van der Waals surface area contributed by atoms with Gasteiger partial charge < -0.3 is 19.3 Å². The molecule has 1 saturated heterocycles. The molecule has 0 spiro atoms. The van der Waals surface area contributed by atoms with Crippen LogP contribution >= 0.6 is 0 Å². The first-order chi connectivity index (χ1) is 17.1. The van der Waals surface area contributed by atoms with Crippen molar-refractivity contribution in [2.24, 2.45) is 0 Å². The summed E-state index contributed by atoms with van der Waals surface area (Å²) >= 11 is 0. The number of carboxylic acid groups (broad SMARTS) is 1. The summed E-state index contributed by atoms with van der Waals surface area (Å²) in [6.45, 7) is 2.77. The zero-order valence-corrected chi connectivity index (χ0v) is 20.2. The minimum atomic E-state index is -0.928. The van der Waals surface area contributed by atoms with E-state index in [1.807, 2.05) is 17.0 Å². The van der Waals surface area contributed by atoms with Crippen LogP contribution in [0.2, 0.25) is 0 Å². The fourth-order valence-electron chi connectivity index (χ4n) is 5.79. The number of nitrogens with zero attached hydrogens (tertiary/aromatic N) is 2. The van der Waals surface area contributed by atoms with Crippen LogP contribution in [-0.2, 0) is 22.5 Å². The van der Waals surface area contributed by atoms with E-state index in [1.165, 1.54) is 30.5 Å². The highest BCUT2D eigenvalue weighted by molar-refractivity contribution is 5.97. The molecule has 3 heterocycles. The van der Waals surface area contributed by atoms with Crippen LogP contribution in [0.25, 0.3) is 10.9 Å². The number of rotatable bonds is 3. The number of carboxylic acids is 1. The van der Waals surface area contributed by atoms with Crippen LogP contribution in [0.3, 0.4) is 0 Å². The molecule has 1 aromatic heterocycles. The van der Waals surface area contributed by atoms with Gasteiger partial charge in [-0.2, -0.15) is 0 Å². The molecule has 2 fully saturated rings. The van der Waals surface area contributed by atoms with Crippen LogP contribution in [0, 0.1) is 0 Å². The Bertz CT molecular complexity index is 1190. The zero-order valence-electron chi connectivity index (χ0n) is 20.2. The number of ether oxygens (including phenoxy) is 1. The third-order valence-electron chi connectivity index (χ3n) is 7.57. The minimum Gasteiger partial charge on any atom is -0.478 e. The van der Waals surface area contributed by atoms with Gasteiger partial charge in [-0.3, -0.25) is 4.79 Å². The molecule has 0 bridgehead atoms. The third-order valence-corrected chi connectivity index (χ3v) is 7.57. The lowest BCUT2D eigenvalue weighted by molar-refractivity contribution is -0.131. The summed E-state index contributed by atoms with van der Waals surface area (Å²) in [6.07, 6.45) is 17.9. The highest BCUT2D eigenvalue weighted by Gasteiger charge is 2.28. The molecule has 6 nitrogen and oxygen atoms in total. The van der Waals surface area contributed by atoms with Crippen molar-refractivity contribution in [3.8, 4) is 0 Å². The predicted octanol–water partition coefficient (Wildman–Crippen LogP) is 5.23. The van der Waals surface area contributed by atoms with E-state index in [-0.39, 0.29) is 11.5 Å². The summed E-state index contributed by atoms with van der Waals surface area (Å²) in [4.78, 5) is 27.3. The van der Waals surface area contributed by atoms with Crippen LogP contribution in [0.1, 0.15) is 66.1 Å². The molecule has 184 valence electrons. The van der Waals surface area contributed by atoms with Crippen molar-refractivity contribution in [3.05, 3.63) is 71.0 Å². The summed E-state index contributed by atoms with van der Waals surface area (Å²) in [7, 11) is 0. The molecule has 2 aromatic rings. The smallest absolute Gasteiger partial charge is 0.335 e. The standard InChI is InChI=1S/C29H34N2O4/c32-28(30-15-17-35-18-16-30)23-11-5-2-1-3-8-12-25-27(21-9-6-4-7-10-21)24-14-13-22(29(33)34)19-26(24)31(25)20-23/h1-3,8,11,13-14,19,21H,4-7,9-10,12,15-18,20H2,(H,33,34)/b2-1-,8-3-,23-11+. The molecule has 1 aliphatic carbocycles. The van der Waals surface area contributed by atoms with E-state index in [4.69, 9.17) is 4.74 Å². The van der Waals surface area contributed by atoms with Crippen LogP contribution < -0.4 is 0 Å². The first-order valence-corrected chi connectivity index (χ1v) is 12.9. The molecule has 0 unspecified atom stereocenters. The molecule has 0 atom stereocenters. The van der Waals surface area contributed by atoms with Gasteiger partial charge in [0.2, 0.25) is 0 Å². The van der Waals surface area contributed by atoms with E-state index >= 15 is 0 Å². The maximum absolute atomic E-state index is 13.6. The number of amides is 1. The maximum Gasteiger partial charge on any atom is 0.335 e. The van der Waals surface area contributed by atoms with E-state index in [9.17, 15) is 14.7 Å². The van der Waals surface area contributed by atoms with Crippen LogP contribution in [0.4, 0.5) is 0 Å². The fraction of sp³-hybridized carbons (Fsp3) is 0.448. The fourth-order valence-corrected chi connectivity index (χ4v) is 5.79. The third kappa shape index (κ3) is 4.98. The molecule has 35 heavy (non-hydrogen) atoms. The van der Waals surface area contributed by atoms with Gasteiger partial charge in [0.25, 0.3) is 5.91 Å². The summed E-state index contributed by atoms with van der Waals surface area (Å²) in [5.74, 6) is -0.410. The van der Waals surface area contributed by atoms with Gasteiger partial charge >= 0.3 is 5.97 Å². The topological polar surface area (TPSA) is 71.8 Å². The van der Waals surface area contributed by atoms with E-state index in [2.05, 4.69) is 28.9 Å². The zero-order chi connectivity index (χ0) is 24.2. The van der Waals surface area contributed by atoms with E-state index in [0.29, 0.717) is 45.2 Å². The predicted molar refractivity (Wildman–Crippen MR) is 137 cm³/mol. The van der Waals surface area contributed by atoms with Crippen LogP contribution in [-0.4, -0.2) is 52.8 Å². The Balaban J connectivity index is 1.66. The van der Waals surface area contributed by atoms with Crippen LogP contribution in [0.5, 0.6) is 0 Å². The molecule has 1 N–H and O–H groups in total. The van der Waals surface area contributed by atoms with Crippen molar-refractivity contribution in [3.63, 3.8) is 0 Å². The number of aromatic nitrogens is 1. The molecule has 1 amide bonds. The van der Waals surface area contributed by atoms with Crippen molar-refractivity contribution >= 4 is 22.8 Å². The number of carbonyl (C=O) groups excluding carboxylic acids is 1. The highest BCUT2D eigenvalue weighted by atomic mass is 16.5. The lowest BCUT2D eigenvalue weighted by Crippen LogP contribution is -2.42. The number of morpholine rings is 1. The van der Waals surface area contributed by atoms with Gasteiger partial charge in [-0.1, -0.05) is 55.7 Å². The molecule has 0 radical (unpaired) electrons. The second-order valence-electron chi connectivity index (χ2n) is 9.75. The summed E-state index contributed by atoms with van der Waals surface area (Å²) < 4.78 is 7.69. The molecule has 3 aliphatic rings. The monoisotopic (exact) mass is 474 g/mol. The Morgan fingerprint density at radius 3 is 2.54 bits per heavy atom. The number of aromatic carboxylic acids is 1. The van der Waals surface area contributed by atoms with Gasteiger partial charge in [0, 0.05) is 41.7 Å². The minimum absolute atomic E-state index is 0.0512. The second-order valence-corrected chi connectivity index (χ2v) is 9.75. The Morgan fingerprint density at radius 1 is 1.00 bits per heavy atom. The van der Waals surface area contributed by atoms with Crippen molar-refractivity contribution in [1.29, 1.82) is 0 Å². The second kappa shape index (κ2) is 10.6. The first kappa shape index (κ1) is 23.6. The lowest BCUT2D eigenvalue weighted by atomic mass is 9.82. The molecule has 6 heteroatoms. The number of benzene rings is 1. The molecular weight excluding hydrogens is 440 g/mol. The number of carbonyl (C=O) groups is 2. The van der Waals surface area contributed by atoms with Gasteiger partial charge in [0.05, 0.1) is 25.3 Å². The Labute approximate surface area is 206 Å². The van der Waals surface area contributed by atoms with Gasteiger partial charge in [0.1, 0.15) is 0 Å². The average Bonchev–Trinajstić information content (AvgIpc) is 3.17. The number of allylic oxidation sites excluding steroid dienone is 5. The van der Waals surface area contributed by atoms with Crippen molar-refractivity contribution in [2.75, 3.05) is 26.3 Å². The summed E-state index contributed by atoms with van der Waals surface area (Å²) in [6, 6.07) is 5.51. The molecule has 2 aliphatic heterocycles. The van der Waals surface area contributed by atoms with E-state index in [0.717, 1.165) is 35.7 Å². The molecule has 1 saturated carbocycles. The van der Waals surface area contributed by atoms with Crippen molar-refractivity contribution in [2.45, 2.75) is 57.4 Å².